The molecule has 6 aliphatic rings. The molecule has 0 radical (unpaired) electrons. The average Bonchev–Trinajstić information content (AvgIpc) is 3.68. The third-order valence-corrected chi connectivity index (χ3v) is 13.0. The van der Waals surface area contributed by atoms with E-state index in [9.17, 15) is 14.7 Å². The molecule has 0 amide bonds. The van der Waals surface area contributed by atoms with Crippen LogP contribution in [0.2, 0.25) is 0 Å². The third kappa shape index (κ3) is 8.21. The number of Topliss-reactive ketones (excluding diaryl/α,β-unsaturated/α-hetero) is 1. The van der Waals surface area contributed by atoms with E-state index >= 15 is 0 Å². The Morgan fingerprint density at radius 1 is 0.922 bits per heavy atom. The lowest BCUT2D eigenvalue weighted by molar-refractivity contribution is -0.311. The predicted molar refractivity (Wildman–Crippen MR) is 192 cm³/mol. The lowest BCUT2D eigenvalue weighted by Crippen LogP contribution is -2.59. The molecule has 4 fully saturated rings. The molecule has 3 saturated heterocycles. The number of aliphatic hydroxyl groups is 1. The van der Waals surface area contributed by atoms with Crippen molar-refractivity contribution < 1.29 is 49.3 Å². The van der Waals surface area contributed by atoms with Crippen molar-refractivity contribution in [3.05, 3.63) is 23.8 Å². The van der Waals surface area contributed by atoms with Gasteiger partial charge in [-0.1, -0.05) is 32.1 Å². The molecule has 0 bridgehead atoms. The number of carbonyl (C=O) groups excluding carboxylic acids is 2. The summed E-state index contributed by atoms with van der Waals surface area (Å²) in [6.45, 7) is 7.98. The smallest absolute Gasteiger partial charge is 0.306 e. The maximum Gasteiger partial charge on any atom is 0.306 e. The van der Waals surface area contributed by atoms with E-state index in [1.54, 1.807) is 14.2 Å². The van der Waals surface area contributed by atoms with Crippen LogP contribution < -0.4 is 0 Å². The van der Waals surface area contributed by atoms with E-state index in [1.165, 1.54) is 0 Å². The number of nitrogens with zero attached hydrogens (tertiary/aromatic N) is 1. The van der Waals surface area contributed by atoms with Gasteiger partial charge in [-0.05, 0) is 109 Å². The van der Waals surface area contributed by atoms with Gasteiger partial charge in [0.1, 0.15) is 24.4 Å². The molecule has 17 atom stereocenters. The van der Waals surface area contributed by atoms with Crippen molar-refractivity contribution in [2.75, 3.05) is 28.3 Å². The second-order valence-corrected chi connectivity index (χ2v) is 16.3. The molecule has 290 valence electrons. The predicted octanol–water partition coefficient (Wildman–Crippen LogP) is 5.08. The molecule has 0 spiro atoms. The van der Waals surface area contributed by atoms with Gasteiger partial charge < -0.3 is 43.2 Å². The van der Waals surface area contributed by atoms with Crippen LogP contribution in [0.1, 0.15) is 86.9 Å². The first kappa shape index (κ1) is 39.0. The number of esters is 1. The minimum atomic E-state index is -0.823. The summed E-state index contributed by atoms with van der Waals surface area (Å²) in [7, 11) is 7.31. The fraction of sp³-hybridized carbons (Fsp3) is 0.850. The normalized spacial score (nSPS) is 46.4. The topological polar surface area (TPSA) is 122 Å². The molecule has 3 aliphatic carbocycles. The first-order valence-corrected chi connectivity index (χ1v) is 19.6. The number of allylic oxidation sites excluding steroid dienone is 4. The molecule has 1 saturated carbocycles. The summed E-state index contributed by atoms with van der Waals surface area (Å²) in [4.78, 5) is 30.3. The van der Waals surface area contributed by atoms with Crippen LogP contribution in [-0.2, 0) is 42.7 Å². The van der Waals surface area contributed by atoms with Gasteiger partial charge in [0.05, 0.1) is 30.8 Å². The zero-order valence-electron chi connectivity index (χ0n) is 32.0. The molecule has 6 rings (SSSR count). The Morgan fingerprint density at radius 2 is 1.69 bits per heavy atom. The maximum absolute atomic E-state index is 14.6. The lowest BCUT2D eigenvalue weighted by atomic mass is 9.70. The van der Waals surface area contributed by atoms with E-state index in [0.717, 1.165) is 50.5 Å². The number of rotatable bonds is 8. The number of hydrogen-bond donors (Lipinski definition) is 1. The van der Waals surface area contributed by atoms with Gasteiger partial charge in [0.2, 0.25) is 0 Å². The van der Waals surface area contributed by atoms with Crippen LogP contribution in [0.25, 0.3) is 0 Å². The van der Waals surface area contributed by atoms with Crippen molar-refractivity contribution in [2.24, 2.45) is 35.5 Å². The van der Waals surface area contributed by atoms with Gasteiger partial charge in [0, 0.05) is 33.5 Å². The number of carbonyl (C=O) groups is 2. The number of fused-ring (bicyclic) bond motifs is 5. The highest BCUT2D eigenvalue weighted by Gasteiger charge is 2.52. The Labute approximate surface area is 306 Å². The summed E-state index contributed by atoms with van der Waals surface area (Å²) in [5.41, 5.74) is 0.748. The summed E-state index contributed by atoms with van der Waals surface area (Å²) < 4.78 is 43.1. The molecule has 3 aliphatic heterocycles. The van der Waals surface area contributed by atoms with Gasteiger partial charge in [0.25, 0.3) is 0 Å². The first-order chi connectivity index (χ1) is 24.4. The summed E-state index contributed by atoms with van der Waals surface area (Å²) in [5.74, 6) is -0.112. The second kappa shape index (κ2) is 16.8. The number of methoxy groups -OCH3 is 2. The van der Waals surface area contributed by atoms with Crippen molar-refractivity contribution in [3.63, 3.8) is 0 Å². The molecule has 11 nitrogen and oxygen atoms in total. The summed E-state index contributed by atoms with van der Waals surface area (Å²) in [6, 6.07) is 0.334. The quantitative estimate of drug-likeness (QED) is 0.267. The summed E-state index contributed by atoms with van der Waals surface area (Å²) >= 11 is 0. The number of aliphatic hydroxyl groups excluding tert-OH is 1. The zero-order chi connectivity index (χ0) is 36.6. The van der Waals surface area contributed by atoms with Crippen molar-refractivity contribution in [2.45, 2.75) is 153 Å². The van der Waals surface area contributed by atoms with E-state index < -0.39 is 30.7 Å². The number of ether oxygens (including phenoxy) is 7. The number of cyclic esters (lactones) is 1. The largest absolute Gasteiger partial charge is 0.462 e. The third-order valence-electron chi connectivity index (χ3n) is 13.0. The van der Waals surface area contributed by atoms with E-state index in [-0.39, 0.29) is 85.8 Å². The monoisotopic (exact) mass is 719 g/mol. The van der Waals surface area contributed by atoms with E-state index in [2.05, 4.69) is 51.1 Å². The summed E-state index contributed by atoms with van der Waals surface area (Å²) in [6.07, 6.45) is 9.33. The molecule has 0 aromatic carbocycles. The van der Waals surface area contributed by atoms with Gasteiger partial charge >= 0.3 is 5.97 Å². The Morgan fingerprint density at radius 3 is 2.37 bits per heavy atom. The Bertz CT molecular complexity index is 1280. The molecule has 1 N–H and O–H groups in total. The number of ketones is 1. The van der Waals surface area contributed by atoms with Crippen LogP contribution in [0.15, 0.2) is 23.8 Å². The number of likely N-dealkylation sites (N-methyl/N-ethyl adjacent to an activating group) is 1. The summed E-state index contributed by atoms with van der Waals surface area (Å²) in [5, 5.41) is 10.6. The highest BCUT2D eigenvalue weighted by molar-refractivity contribution is 5.99. The lowest BCUT2D eigenvalue weighted by Gasteiger charge is -2.43. The zero-order valence-corrected chi connectivity index (χ0v) is 32.0. The van der Waals surface area contributed by atoms with Gasteiger partial charge in [-0.3, -0.25) is 9.59 Å². The Kier molecular flexibility index (Phi) is 12.8. The van der Waals surface area contributed by atoms with Crippen LogP contribution in [0, 0.1) is 35.5 Å². The molecule has 0 unspecified atom stereocenters. The van der Waals surface area contributed by atoms with E-state index in [1.807, 2.05) is 13.8 Å². The SMILES string of the molecule is CC[C@H]1CCC[C@H](O[C@H]2CC[C@H](N(C)C)[C@@H](C)O2)[C@@H](C)C(=O)C2=C[C@@H]3[C@@H](C=C[C@@H]4C[C@@H](O[C@@H]5O[C@@H](C)[C@H](O)[C@@H](OC)[C@H]5OC)C[C@@H]34)[C@@H]2CC(=O)O1.[HH]. The Hall–Kier alpha value is -1.70. The molecule has 0 aromatic heterocycles. The van der Waals surface area contributed by atoms with Crippen LogP contribution >= 0.6 is 0 Å². The fourth-order valence-electron chi connectivity index (χ4n) is 10.1. The molecule has 11 heteroatoms. The molecular formula is C40H65NO10. The van der Waals surface area contributed by atoms with Crippen molar-refractivity contribution in [1.82, 2.24) is 4.90 Å². The van der Waals surface area contributed by atoms with E-state index in [0.29, 0.717) is 12.5 Å². The van der Waals surface area contributed by atoms with Crippen LogP contribution in [0.3, 0.4) is 0 Å². The Balaban J connectivity index is 0.00000523. The second-order valence-electron chi connectivity index (χ2n) is 16.3. The van der Waals surface area contributed by atoms with E-state index in [4.69, 9.17) is 33.2 Å². The molecule has 0 aromatic rings. The highest BCUT2D eigenvalue weighted by atomic mass is 16.7. The van der Waals surface area contributed by atoms with Gasteiger partial charge in [-0.2, -0.15) is 0 Å². The van der Waals surface area contributed by atoms with Gasteiger partial charge in [-0.25, -0.2) is 0 Å². The van der Waals surface area contributed by atoms with Gasteiger partial charge in [0.15, 0.2) is 18.4 Å². The van der Waals surface area contributed by atoms with Gasteiger partial charge in [-0.15, -0.1) is 0 Å². The van der Waals surface area contributed by atoms with Crippen LogP contribution in [0.5, 0.6) is 0 Å². The van der Waals surface area contributed by atoms with Crippen molar-refractivity contribution in [1.29, 1.82) is 0 Å². The fourth-order valence-corrected chi connectivity index (χ4v) is 10.1. The average molecular weight is 720 g/mol. The van der Waals surface area contributed by atoms with Crippen molar-refractivity contribution in [3.8, 4) is 0 Å². The van der Waals surface area contributed by atoms with Crippen LogP contribution in [-0.4, -0.2) is 118 Å². The minimum absolute atomic E-state index is 0. The molecule has 3 heterocycles. The molecule has 51 heavy (non-hydrogen) atoms. The standard InChI is InChI=1S/C40H63NO10.H2/c1-9-25-11-10-12-33(51-35-16-15-32(41(5)6)22(3)47-35)21(2)36(43)31-19-29-27(30(31)20-34(42)49-25)14-13-24-17-26(18-28(24)29)50-40-39(46-8)38(45-7)37(44)23(4)48-40;/h13-14,19,21-30,32-33,35,37-40,44H,9-12,15-18,20H2,1-8H3;1H/t21-,22-,23+,24-,25+,26-,27-,28-,29-,30+,32+,33+,35+,37+,38-,39-,40+;/m1./s1. The maximum atomic E-state index is 14.6. The highest BCUT2D eigenvalue weighted by Crippen LogP contribution is 2.54. The van der Waals surface area contributed by atoms with Crippen LogP contribution in [0.4, 0.5) is 0 Å². The van der Waals surface area contributed by atoms with Crippen molar-refractivity contribution >= 4 is 11.8 Å². The minimum Gasteiger partial charge on any atom is -0.462 e. The number of hydrogen-bond acceptors (Lipinski definition) is 11. The first-order valence-electron chi connectivity index (χ1n) is 19.6. The molecular weight excluding hydrogens is 654 g/mol.